The van der Waals surface area contributed by atoms with Crippen LogP contribution in [0.3, 0.4) is 0 Å². The second-order valence-electron chi connectivity index (χ2n) is 4.87. The first-order valence-electron chi connectivity index (χ1n) is 5.58. The van der Waals surface area contributed by atoms with Crippen LogP contribution in [0.2, 0.25) is 0 Å². The molecular formula is C13H15BrO3. The van der Waals surface area contributed by atoms with Crippen LogP contribution in [0, 0.1) is 13.8 Å². The van der Waals surface area contributed by atoms with Gasteiger partial charge in [-0.25, -0.2) is 0 Å². The van der Waals surface area contributed by atoms with Crippen LogP contribution >= 0.6 is 15.9 Å². The molecule has 0 heterocycles. The molecule has 2 rings (SSSR count). The summed E-state index contributed by atoms with van der Waals surface area (Å²) in [7, 11) is 0. The largest absolute Gasteiger partial charge is 0.507 e. The zero-order chi connectivity index (χ0) is 12.8. The van der Waals surface area contributed by atoms with Gasteiger partial charge < -0.3 is 10.2 Å². The molecular weight excluding hydrogens is 284 g/mol. The molecule has 0 radical (unpaired) electrons. The van der Waals surface area contributed by atoms with Crippen molar-refractivity contribution in [1.82, 2.24) is 0 Å². The van der Waals surface area contributed by atoms with E-state index >= 15 is 0 Å². The van der Waals surface area contributed by atoms with Gasteiger partial charge in [0.15, 0.2) is 0 Å². The molecule has 1 fully saturated rings. The van der Waals surface area contributed by atoms with Gasteiger partial charge in [0.05, 0.1) is 6.42 Å². The van der Waals surface area contributed by atoms with Gasteiger partial charge in [-0.1, -0.05) is 15.9 Å². The lowest BCUT2D eigenvalue weighted by molar-refractivity contribution is -0.137. The molecule has 1 saturated carbocycles. The minimum absolute atomic E-state index is 0.134. The standard InChI is InChI=1S/C13H15BrO3/c1-7-5-9(14)11(8(2)12(7)17)13(3-4-13)6-10(15)16/h5,17H,3-4,6H2,1-2H3,(H,15,16). The van der Waals surface area contributed by atoms with E-state index in [2.05, 4.69) is 15.9 Å². The molecule has 1 aliphatic rings. The van der Waals surface area contributed by atoms with Crippen LogP contribution in [-0.4, -0.2) is 16.2 Å². The normalized spacial score (nSPS) is 16.9. The lowest BCUT2D eigenvalue weighted by Gasteiger charge is -2.20. The van der Waals surface area contributed by atoms with Crippen LogP contribution in [0.25, 0.3) is 0 Å². The maximum atomic E-state index is 10.9. The first-order chi connectivity index (χ1) is 7.87. The number of carboxylic acids is 1. The molecule has 4 heteroatoms. The summed E-state index contributed by atoms with van der Waals surface area (Å²) in [6, 6.07) is 1.86. The van der Waals surface area contributed by atoms with Crippen molar-refractivity contribution in [2.75, 3.05) is 0 Å². The summed E-state index contributed by atoms with van der Waals surface area (Å²) in [6.07, 6.45) is 1.89. The Bertz CT molecular complexity index is 490. The van der Waals surface area contributed by atoms with Gasteiger partial charge in [-0.05, 0) is 49.4 Å². The number of hydrogen-bond acceptors (Lipinski definition) is 2. The van der Waals surface area contributed by atoms with Crippen molar-refractivity contribution in [3.8, 4) is 5.75 Å². The number of rotatable bonds is 3. The average molecular weight is 299 g/mol. The molecule has 0 bridgehead atoms. The first-order valence-corrected chi connectivity index (χ1v) is 6.37. The second-order valence-corrected chi connectivity index (χ2v) is 5.73. The molecule has 0 atom stereocenters. The number of carbonyl (C=O) groups is 1. The Labute approximate surface area is 109 Å². The van der Waals surface area contributed by atoms with Crippen LogP contribution in [-0.2, 0) is 10.2 Å². The van der Waals surface area contributed by atoms with Crippen molar-refractivity contribution in [2.24, 2.45) is 0 Å². The van der Waals surface area contributed by atoms with E-state index in [0.29, 0.717) is 0 Å². The number of aliphatic carboxylic acids is 1. The fourth-order valence-corrected chi connectivity index (χ4v) is 3.59. The van der Waals surface area contributed by atoms with E-state index in [0.717, 1.165) is 34.0 Å². The van der Waals surface area contributed by atoms with Crippen LogP contribution < -0.4 is 0 Å². The Morgan fingerprint density at radius 3 is 2.53 bits per heavy atom. The third-order valence-electron chi connectivity index (χ3n) is 3.56. The fraction of sp³-hybridized carbons (Fsp3) is 0.462. The molecule has 1 aromatic rings. The van der Waals surface area contributed by atoms with E-state index in [1.165, 1.54) is 0 Å². The minimum atomic E-state index is -0.783. The molecule has 3 nitrogen and oxygen atoms in total. The smallest absolute Gasteiger partial charge is 0.304 e. The van der Waals surface area contributed by atoms with Crippen molar-refractivity contribution in [1.29, 1.82) is 0 Å². The molecule has 92 valence electrons. The zero-order valence-electron chi connectivity index (χ0n) is 9.88. The molecule has 1 aromatic carbocycles. The number of phenols is 1. The number of phenolic OH excluding ortho intramolecular Hbond substituents is 1. The number of benzene rings is 1. The Hall–Kier alpha value is -1.03. The summed E-state index contributed by atoms with van der Waals surface area (Å²) in [5.74, 6) is -0.506. The Morgan fingerprint density at radius 2 is 2.06 bits per heavy atom. The lowest BCUT2D eigenvalue weighted by atomic mass is 9.87. The Morgan fingerprint density at radius 1 is 1.47 bits per heavy atom. The van der Waals surface area contributed by atoms with E-state index in [1.54, 1.807) is 0 Å². The van der Waals surface area contributed by atoms with Gasteiger partial charge in [-0.2, -0.15) is 0 Å². The Balaban J connectivity index is 2.53. The molecule has 17 heavy (non-hydrogen) atoms. The second kappa shape index (κ2) is 4.02. The van der Waals surface area contributed by atoms with Crippen molar-refractivity contribution in [3.63, 3.8) is 0 Å². The maximum Gasteiger partial charge on any atom is 0.304 e. The number of aromatic hydroxyl groups is 1. The summed E-state index contributed by atoms with van der Waals surface area (Å²) in [4.78, 5) is 10.9. The summed E-state index contributed by atoms with van der Waals surface area (Å²) in [5.41, 5.74) is 2.29. The van der Waals surface area contributed by atoms with Crippen molar-refractivity contribution in [3.05, 3.63) is 27.2 Å². The summed E-state index contributed by atoms with van der Waals surface area (Å²) >= 11 is 3.49. The number of carboxylic acid groups (broad SMARTS) is 1. The van der Waals surface area contributed by atoms with E-state index in [1.807, 2.05) is 19.9 Å². The molecule has 0 saturated heterocycles. The molecule has 0 amide bonds. The molecule has 0 unspecified atom stereocenters. The van der Waals surface area contributed by atoms with Crippen LogP contribution in [0.5, 0.6) is 5.75 Å². The van der Waals surface area contributed by atoms with Crippen LogP contribution in [0.15, 0.2) is 10.5 Å². The fourth-order valence-electron chi connectivity index (χ4n) is 2.53. The highest BCUT2D eigenvalue weighted by Crippen LogP contribution is 2.55. The molecule has 0 aliphatic heterocycles. The third-order valence-corrected chi connectivity index (χ3v) is 4.18. The zero-order valence-corrected chi connectivity index (χ0v) is 11.5. The average Bonchev–Trinajstić information content (AvgIpc) is 2.94. The predicted molar refractivity (Wildman–Crippen MR) is 68.4 cm³/mol. The molecule has 1 aliphatic carbocycles. The van der Waals surface area contributed by atoms with Gasteiger partial charge >= 0.3 is 5.97 Å². The number of hydrogen-bond donors (Lipinski definition) is 2. The summed E-state index contributed by atoms with van der Waals surface area (Å²) < 4.78 is 0.907. The van der Waals surface area contributed by atoms with Gasteiger partial charge in [-0.15, -0.1) is 0 Å². The maximum absolute atomic E-state index is 10.9. The van der Waals surface area contributed by atoms with Crippen LogP contribution in [0.1, 0.15) is 36.0 Å². The highest BCUT2D eigenvalue weighted by atomic mass is 79.9. The van der Waals surface area contributed by atoms with E-state index in [9.17, 15) is 9.90 Å². The van der Waals surface area contributed by atoms with Gasteiger partial charge in [-0.3, -0.25) is 4.79 Å². The van der Waals surface area contributed by atoms with Crippen molar-refractivity contribution >= 4 is 21.9 Å². The number of aryl methyl sites for hydroxylation is 1. The van der Waals surface area contributed by atoms with E-state index in [-0.39, 0.29) is 17.6 Å². The SMILES string of the molecule is Cc1cc(Br)c(C2(CC(=O)O)CC2)c(C)c1O. The molecule has 0 aromatic heterocycles. The Kier molecular flexibility index (Phi) is 2.94. The van der Waals surface area contributed by atoms with Crippen LogP contribution in [0.4, 0.5) is 0 Å². The van der Waals surface area contributed by atoms with Gasteiger partial charge in [0.1, 0.15) is 5.75 Å². The summed E-state index contributed by atoms with van der Waals surface area (Å²) in [5, 5.41) is 18.9. The van der Waals surface area contributed by atoms with E-state index in [4.69, 9.17) is 5.11 Å². The van der Waals surface area contributed by atoms with Gasteiger partial charge in [0, 0.05) is 9.89 Å². The number of halogens is 1. The third kappa shape index (κ3) is 2.06. The van der Waals surface area contributed by atoms with Crippen molar-refractivity contribution < 1.29 is 15.0 Å². The lowest BCUT2D eigenvalue weighted by Crippen LogP contribution is -2.15. The topological polar surface area (TPSA) is 57.5 Å². The highest BCUT2D eigenvalue weighted by molar-refractivity contribution is 9.10. The predicted octanol–water partition coefficient (Wildman–Crippen LogP) is 3.28. The molecule has 2 N–H and O–H groups in total. The minimum Gasteiger partial charge on any atom is -0.507 e. The van der Waals surface area contributed by atoms with Gasteiger partial charge in [0.25, 0.3) is 0 Å². The van der Waals surface area contributed by atoms with Crippen molar-refractivity contribution in [2.45, 2.75) is 38.5 Å². The molecule has 0 spiro atoms. The highest BCUT2D eigenvalue weighted by Gasteiger charge is 2.48. The summed E-state index contributed by atoms with van der Waals surface area (Å²) in [6.45, 7) is 3.69. The van der Waals surface area contributed by atoms with Gasteiger partial charge in [0.2, 0.25) is 0 Å². The quantitative estimate of drug-likeness (QED) is 0.900. The monoisotopic (exact) mass is 298 g/mol. The first kappa shape index (κ1) is 12.4. The van der Waals surface area contributed by atoms with E-state index < -0.39 is 5.97 Å².